The van der Waals surface area contributed by atoms with Crippen molar-refractivity contribution in [1.82, 2.24) is 0 Å². The molecule has 1 aromatic carbocycles. The maximum atomic E-state index is 12.9. The minimum atomic E-state index is -1.18. The molecule has 0 unspecified atom stereocenters. The van der Waals surface area contributed by atoms with Crippen LogP contribution in [0.15, 0.2) is 18.2 Å². The van der Waals surface area contributed by atoms with Crippen LogP contribution in [0.2, 0.25) is 0 Å². The molecule has 1 rings (SSSR count). The van der Waals surface area contributed by atoms with Crippen molar-refractivity contribution >= 4 is 11.8 Å². The fourth-order valence-corrected chi connectivity index (χ4v) is 1.08. The van der Waals surface area contributed by atoms with Crippen molar-refractivity contribution in [3.63, 3.8) is 0 Å². The number of Topliss-reactive ketones (excluding diaryl/α,β-unsaturated/α-hetero) is 1. The van der Waals surface area contributed by atoms with Gasteiger partial charge in [-0.2, -0.15) is 0 Å². The van der Waals surface area contributed by atoms with Gasteiger partial charge in [-0.3, -0.25) is 4.79 Å². The van der Waals surface area contributed by atoms with E-state index in [1.165, 1.54) is 0 Å². The Balaban J connectivity index is 2.90. The molecule has 1 aromatic rings. The molecule has 0 bridgehead atoms. The van der Waals surface area contributed by atoms with E-state index in [9.17, 15) is 18.4 Å². The number of carbonyl (C=O) groups is 2. The van der Waals surface area contributed by atoms with Gasteiger partial charge < -0.3 is 4.74 Å². The molecule has 0 aliphatic carbocycles. The summed E-state index contributed by atoms with van der Waals surface area (Å²) in [6.07, 6.45) is 0. The summed E-state index contributed by atoms with van der Waals surface area (Å²) in [4.78, 5) is 22.9. The van der Waals surface area contributed by atoms with Crippen LogP contribution in [0.3, 0.4) is 0 Å². The van der Waals surface area contributed by atoms with Gasteiger partial charge >= 0.3 is 5.97 Å². The molecule has 0 spiro atoms. The smallest absolute Gasteiger partial charge is 0.380 e. The lowest BCUT2D eigenvalue weighted by atomic mass is 10.1. The van der Waals surface area contributed by atoms with Crippen LogP contribution in [0, 0.1) is 11.6 Å². The Morgan fingerprint density at radius 3 is 2.18 bits per heavy atom. The highest BCUT2D eigenvalue weighted by Gasteiger charge is 2.24. The molecular formula is C12H12F2O3. The highest BCUT2D eigenvalue weighted by molar-refractivity contribution is 6.40. The Morgan fingerprint density at radius 1 is 1.12 bits per heavy atom. The van der Waals surface area contributed by atoms with Crippen LogP contribution >= 0.6 is 0 Å². The van der Waals surface area contributed by atoms with Gasteiger partial charge in [-0.1, -0.05) is 0 Å². The van der Waals surface area contributed by atoms with Gasteiger partial charge in [-0.05, 0) is 39.0 Å². The molecule has 3 nitrogen and oxygen atoms in total. The summed E-state index contributed by atoms with van der Waals surface area (Å²) >= 11 is 0. The van der Waals surface area contributed by atoms with Crippen molar-refractivity contribution in [2.75, 3.05) is 0 Å². The number of carbonyl (C=O) groups excluding carboxylic acids is 2. The first kappa shape index (κ1) is 13.3. The Hall–Kier alpha value is -1.78. The quantitative estimate of drug-likeness (QED) is 0.454. The zero-order chi connectivity index (χ0) is 13.2. The molecule has 0 saturated heterocycles. The highest BCUT2D eigenvalue weighted by atomic mass is 19.2. The number of rotatable bonds is 2. The minimum absolute atomic E-state index is 0.238. The Bertz CT molecular complexity index is 461. The molecule has 0 N–H and O–H groups in total. The van der Waals surface area contributed by atoms with Crippen molar-refractivity contribution in [3.05, 3.63) is 35.4 Å². The largest absolute Gasteiger partial charge is 0.454 e. The minimum Gasteiger partial charge on any atom is -0.454 e. The lowest BCUT2D eigenvalue weighted by molar-refractivity contribution is -0.148. The summed E-state index contributed by atoms with van der Waals surface area (Å²) in [5.41, 5.74) is -1.05. The molecule has 0 atom stereocenters. The Kier molecular flexibility index (Phi) is 3.60. The first-order chi connectivity index (χ1) is 7.70. The van der Waals surface area contributed by atoms with Crippen molar-refractivity contribution in [2.45, 2.75) is 26.4 Å². The number of ether oxygens (including phenoxy) is 1. The second-order valence-electron chi connectivity index (χ2n) is 4.46. The number of hydrogen-bond acceptors (Lipinski definition) is 3. The number of hydrogen-bond donors (Lipinski definition) is 0. The maximum absolute atomic E-state index is 12.9. The predicted molar refractivity (Wildman–Crippen MR) is 56.5 cm³/mol. The molecule has 0 aliphatic rings. The van der Waals surface area contributed by atoms with E-state index in [0.717, 1.165) is 12.1 Å². The van der Waals surface area contributed by atoms with E-state index in [-0.39, 0.29) is 5.56 Å². The van der Waals surface area contributed by atoms with Crippen LogP contribution < -0.4 is 0 Å². The molecule has 0 heterocycles. The van der Waals surface area contributed by atoms with Gasteiger partial charge in [0.25, 0.3) is 5.78 Å². The van der Waals surface area contributed by atoms with Gasteiger partial charge in [0.1, 0.15) is 5.60 Å². The second kappa shape index (κ2) is 4.61. The number of esters is 1. The molecule has 0 amide bonds. The van der Waals surface area contributed by atoms with Crippen LogP contribution in [-0.2, 0) is 9.53 Å². The second-order valence-corrected chi connectivity index (χ2v) is 4.46. The van der Waals surface area contributed by atoms with Crippen LogP contribution in [0.1, 0.15) is 31.1 Å². The van der Waals surface area contributed by atoms with E-state index in [0.29, 0.717) is 6.07 Å². The maximum Gasteiger partial charge on any atom is 0.380 e. The predicted octanol–water partition coefficient (Wildman–Crippen LogP) is 2.49. The first-order valence-electron chi connectivity index (χ1n) is 4.93. The van der Waals surface area contributed by atoms with Crippen molar-refractivity contribution < 1.29 is 23.1 Å². The third-order valence-corrected chi connectivity index (χ3v) is 1.77. The van der Waals surface area contributed by atoms with E-state index < -0.39 is 29.0 Å². The molecule has 0 radical (unpaired) electrons. The highest BCUT2D eigenvalue weighted by Crippen LogP contribution is 2.13. The lowest BCUT2D eigenvalue weighted by Gasteiger charge is -2.18. The van der Waals surface area contributed by atoms with Gasteiger partial charge in [-0.15, -0.1) is 0 Å². The fraction of sp³-hybridized carbons (Fsp3) is 0.333. The zero-order valence-corrected chi connectivity index (χ0v) is 9.71. The average molecular weight is 242 g/mol. The monoisotopic (exact) mass is 242 g/mol. The van der Waals surface area contributed by atoms with E-state index >= 15 is 0 Å². The normalized spacial score (nSPS) is 11.1. The summed E-state index contributed by atoms with van der Waals surface area (Å²) in [6.45, 7) is 4.80. The third kappa shape index (κ3) is 3.62. The van der Waals surface area contributed by atoms with Gasteiger partial charge in [0.05, 0.1) is 0 Å². The molecule has 0 fully saturated rings. The Morgan fingerprint density at radius 2 is 1.71 bits per heavy atom. The van der Waals surface area contributed by atoms with E-state index in [1.54, 1.807) is 20.8 Å². The molecule has 17 heavy (non-hydrogen) atoms. The summed E-state index contributed by atoms with van der Waals surface area (Å²) in [5.74, 6) is -4.35. The molecular weight excluding hydrogens is 230 g/mol. The van der Waals surface area contributed by atoms with Crippen LogP contribution in [0.25, 0.3) is 0 Å². The summed E-state index contributed by atoms with van der Waals surface area (Å²) < 4.78 is 30.3. The Labute approximate surface area is 97.4 Å². The SMILES string of the molecule is CC(C)(C)OC(=O)C(=O)c1ccc(F)c(F)c1. The average Bonchev–Trinajstić information content (AvgIpc) is 2.18. The van der Waals surface area contributed by atoms with E-state index in [4.69, 9.17) is 4.74 Å². The summed E-state index contributed by atoms with van der Waals surface area (Å²) in [6, 6.07) is 2.49. The molecule has 0 aromatic heterocycles. The van der Waals surface area contributed by atoms with Crippen molar-refractivity contribution in [1.29, 1.82) is 0 Å². The number of halogens is 2. The van der Waals surface area contributed by atoms with Crippen LogP contribution in [-0.4, -0.2) is 17.4 Å². The topological polar surface area (TPSA) is 43.4 Å². The van der Waals surface area contributed by atoms with Crippen LogP contribution in [0.4, 0.5) is 8.78 Å². The molecule has 5 heteroatoms. The lowest BCUT2D eigenvalue weighted by Crippen LogP contribution is -2.29. The molecule has 0 saturated carbocycles. The summed E-state index contributed by atoms with van der Waals surface area (Å²) in [7, 11) is 0. The van der Waals surface area contributed by atoms with E-state index in [2.05, 4.69) is 0 Å². The van der Waals surface area contributed by atoms with Gasteiger partial charge in [0.2, 0.25) is 0 Å². The van der Waals surface area contributed by atoms with Gasteiger partial charge in [-0.25, -0.2) is 13.6 Å². The third-order valence-electron chi connectivity index (χ3n) is 1.77. The van der Waals surface area contributed by atoms with Crippen LogP contribution in [0.5, 0.6) is 0 Å². The van der Waals surface area contributed by atoms with Gasteiger partial charge in [0.15, 0.2) is 11.6 Å². The first-order valence-corrected chi connectivity index (χ1v) is 4.93. The van der Waals surface area contributed by atoms with Gasteiger partial charge in [0, 0.05) is 5.56 Å². The zero-order valence-electron chi connectivity index (χ0n) is 9.71. The van der Waals surface area contributed by atoms with Crippen molar-refractivity contribution in [2.24, 2.45) is 0 Å². The molecule has 92 valence electrons. The van der Waals surface area contributed by atoms with E-state index in [1.807, 2.05) is 0 Å². The van der Waals surface area contributed by atoms with Crippen molar-refractivity contribution in [3.8, 4) is 0 Å². The fourth-order valence-electron chi connectivity index (χ4n) is 1.08. The summed E-state index contributed by atoms with van der Waals surface area (Å²) in [5, 5.41) is 0. The molecule has 0 aliphatic heterocycles. The number of benzene rings is 1. The number of ketones is 1. The standard InChI is InChI=1S/C12H12F2O3/c1-12(2,3)17-11(16)10(15)7-4-5-8(13)9(14)6-7/h4-6H,1-3H3.